The normalized spacial score (nSPS) is 14.4. The van der Waals surface area contributed by atoms with Gasteiger partial charge in [-0.25, -0.2) is 9.59 Å². The van der Waals surface area contributed by atoms with E-state index in [9.17, 15) is 19.5 Å². The highest BCUT2D eigenvalue weighted by Gasteiger charge is 2.30. The molecule has 8 nitrogen and oxygen atoms in total. The first-order valence-electron chi connectivity index (χ1n) is 11.9. The lowest BCUT2D eigenvalue weighted by atomic mass is 9.95. The summed E-state index contributed by atoms with van der Waals surface area (Å²) in [5.74, 6) is -2.35. The molecule has 1 aliphatic heterocycles. The largest absolute Gasteiger partial charge is 0.478 e. The number of aromatic nitrogens is 1. The molecule has 1 unspecified atom stereocenters. The molecule has 2 heterocycles. The van der Waals surface area contributed by atoms with E-state index in [0.29, 0.717) is 29.1 Å². The van der Waals surface area contributed by atoms with Gasteiger partial charge < -0.3 is 15.2 Å². The molecule has 0 aliphatic carbocycles. The lowest BCUT2D eigenvalue weighted by Crippen LogP contribution is -2.38. The molecule has 0 fully saturated rings. The Kier molecular flexibility index (Phi) is 7.56. The highest BCUT2D eigenvalue weighted by Crippen LogP contribution is 2.30. The van der Waals surface area contributed by atoms with Crippen molar-refractivity contribution in [3.05, 3.63) is 69.9 Å². The first-order valence-corrected chi connectivity index (χ1v) is 12.3. The number of nitrogens with one attached hydrogen (secondary N) is 1. The Hall–Kier alpha value is -3.49. The number of hydrogen-bond acceptors (Lipinski definition) is 6. The quantitative estimate of drug-likeness (QED) is 0.435. The minimum Gasteiger partial charge on any atom is -0.478 e. The first kappa shape index (κ1) is 25.6. The maximum absolute atomic E-state index is 13.6. The Morgan fingerprint density at radius 3 is 2.64 bits per heavy atom. The summed E-state index contributed by atoms with van der Waals surface area (Å²) < 4.78 is 5.75. The van der Waals surface area contributed by atoms with Gasteiger partial charge in [0.05, 0.1) is 21.7 Å². The molecule has 2 N–H and O–H groups in total. The molecule has 36 heavy (non-hydrogen) atoms. The van der Waals surface area contributed by atoms with Gasteiger partial charge in [0.2, 0.25) is 0 Å². The minimum atomic E-state index is -1.21. The van der Waals surface area contributed by atoms with Crippen molar-refractivity contribution >= 4 is 46.0 Å². The number of carboxylic acids is 1. The first-order chi connectivity index (χ1) is 17.2. The highest BCUT2D eigenvalue weighted by atomic mass is 35.5. The van der Waals surface area contributed by atoms with Gasteiger partial charge in [-0.15, -0.1) is 0 Å². The zero-order valence-corrected chi connectivity index (χ0v) is 21.1. The molecule has 1 atom stereocenters. The number of carbonyl (C=O) groups excluding carboxylic acids is 2. The van der Waals surface area contributed by atoms with Gasteiger partial charge in [-0.2, -0.15) is 0 Å². The zero-order chi connectivity index (χ0) is 26.0. The van der Waals surface area contributed by atoms with E-state index in [1.165, 1.54) is 18.2 Å². The topological polar surface area (TPSA) is 109 Å². The summed E-state index contributed by atoms with van der Waals surface area (Å²) >= 11 is 5.92. The van der Waals surface area contributed by atoms with Gasteiger partial charge in [0.15, 0.2) is 6.10 Å². The minimum absolute atomic E-state index is 0.0590. The molecule has 3 aromatic rings. The van der Waals surface area contributed by atoms with Crippen molar-refractivity contribution in [1.82, 2.24) is 9.88 Å². The number of ether oxygens (including phenoxy) is 1. The second-order valence-electron chi connectivity index (χ2n) is 9.03. The standard InChI is InChI=1S/C27H28ClN3O5/c1-4-23(25(32)29-16-9-10-20(28)18(13-16)26(33)34)36-27(35)24-17-7-5-6-8-21(17)30-22-11-12-31(15(2)3)14-19(22)24/h5-10,13,15,23H,4,11-12,14H2,1-3H3,(H,29,32)(H,33,34). The fraction of sp³-hybridized carbons (Fsp3) is 0.333. The number of para-hydroxylation sites is 1. The van der Waals surface area contributed by atoms with Gasteiger partial charge in [-0.3, -0.25) is 14.7 Å². The molecule has 0 bridgehead atoms. The van der Waals surface area contributed by atoms with Crippen LogP contribution in [0.4, 0.5) is 5.69 Å². The third kappa shape index (κ3) is 5.20. The van der Waals surface area contributed by atoms with Crippen LogP contribution in [0.3, 0.4) is 0 Å². The average molecular weight is 510 g/mol. The Bertz CT molecular complexity index is 1340. The van der Waals surface area contributed by atoms with Crippen molar-refractivity contribution in [2.45, 2.75) is 52.3 Å². The van der Waals surface area contributed by atoms with E-state index in [1.807, 2.05) is 24.3 Å². The lowest BCUT2D eigenvalue weighted by molar-refractivity contribution is -0.124. The van der Waals surface area contributed by atoms with Gasteiger partial charge in [0.1, 0.15) is 0 Å². The van der Waals surface area contributed by atoms with Gasteiger partial charge in [0, 0.05) is 47.9 Å². The Labute approximate surface area is 214 Å². The number of benzene rings is 2. The van der Waals surface area contributed by atoms with Crippen LogP contribution in [0.15, 0.2) is 42.5 Å². The number of hydrogen-bond donors (Lipinski definition) is 2. The molecule has 0 radical (unpaired) electrons. The number of nitrogens with zero attached hydrogens (tertiary/aromatic N) is 2. The number of esters is 1. The van der Waals surface area contributed by atoms with E-state index in [0.717, 1.165) is 24.2 Å². The van der Waals surface area contributed by atoms with Crippen LogP contribution in [0.1, 0.15) is 59.2 Å². The van der Waals surface area contributed by atoms with Gasteiger partial charge in [-0.1, -0.05) is 36.7 Å². The van der Waals surface area contributed by atoms with Crippen molar-refractivity contribution < 1.29 is 24.2 Å². The predicted octanol–water partition coefficient (Wildman–Crippen LogP) is 4.93. The second kappa shape index (κ2) is 10.6. The average Bonchev–Trinajstić information content (AvgIpc) is 2.86. The van der Waals surface area contributed by atoms with Crippen molar-refractivity contribution in [1.29, 1.82) is 0 Å². The molecule has 0 saturated heterocycles. The number of amides is 1. The van der Waals surface area contributed by atoms with Crippen LogP contribution in [-0.4, -0.2) is 51.5 Å². The molecule has 1 aromatic heterocycles. The number of rotatable bonds is 7. The molecule has 1 aliphatic rings. The van der Waals surface area contributed by atoms with Crippen LogP contribution in [-0.2, 0) is 22.5 Å². The van der Waals surface area contributed by atoms with Crippen molar-refractivity contribution in [3.8, 4) is 0 Å². The van der Waals surface area contributed by atoms with Crippen LogP contribution in [0.25, 0.3) is 10.9 Å². The number of fused-ring (bicyclic) bond motifs is 2. The van der Waals surface area contributed by atoms with E-state index < -0.39 is 23.9 Å². The third-order valence-electron chi connectivity index (χ3n) is 6.39. The summed E-state index contributed by atoms with van der Waals surface area (Å²) in [7, 11) is 0. The molecular weight excluding hydrogens is 482 g/mol. The molecular formula is C27H28ClN3O5. The van der Waals surface area contributed by atoms with Crippen LogP contribution >= 0.6 is 11.6 Å². The van der Waals surface area contributed by atoms with E-state index in [2.05, 4.69) is 24.1 Å². The van der Waals surface area contributed by atoms with Crippen LogP contribution in [0.2, 0.25) is 5.02 Å². The Morgan fingerprint density at radius 2 is 1.94 bits per heavy atom. The molecule has 0 saturated carbocycles. The summed E-state index contributed by atoms with van der Waals surface area (Å²) in [6.45, 7) is 7.39. The third-order valence-corrected chi connectivity index (χ3v) is 6.72. The number of pyridine rings is 1. The Balaban J connectivity index is 1.63. The highest BCUT2D eigenvalue weighted by molar-refractivity contribution is 6.33. The summed E-state index contributed by atoms with van der Waals surface area (Å²) in [6.07, 6.45) is -0.118. The molecule has 188 valence electrons. The van der Waals surface area contributed by atoms with Gasteiger partial charge in [0.25, 0.3) is 5.91 Å². The molecule has 2 aromatic carbocycles. The van der Waals surface area contributed by atoms with Crippen molar-refractivity contribution in [2.24, 2.45) is 0 Å². The SMILES string of the molecule is CCC(OC(=O)c1c2c(nc3ccccc13)CCN(C(C)C)C2)C(=O)Nc1ccc(Cl)c(C(=O)O)c1. The molecule has 0 spiro atoms. The van der Waals surface area contributed by atoms with Crippen LogP contribution < -0.4 is 5.32 Å². The number of anilines is 1. The number of carbonyl (C=O) groups is 3. The lowest BCUT2D eigenvalue weighted by Gasteiger charge is -2.32. The summed E-state index contributed by atoms with van der Waals surface area (Å²) in [6, 6.07) is 11.9. The second-order valence-corrected chi connectivity index (χ2v) is 9.44. The number of halogens is 1. The summed E-state index contributed by atoms with van der Waals surface area (Å²) in [5, 5.41) is 12.7. The zero-order valence-electron chi connectivity index (χ0n) is 20.4. The number of carboxylic acid groups (broad SMARTS) is 1. The van der Waals surface area contributed by atoms with Gasteiger partial charge in [-0.05, 0) is 44.5 Å². The maximum Gasteiger partial charge on any atom is 0.340 e. The summed E-state index contributed by atoms with van der Waals surface area (Å²) in [5.41, 5.74) is 2.96. The van der Waals surface area contributed by atoms with Crippen molar-refractivity contribution in [3.63, 3.8) is 0 Å². The Morgan fingerprint density at radius 1 is 1.19 bits per heavy atom. The van der Waals surface area contributed by atoms with Crippen LogP contribution in [0.5, 0.6) is 0 Å². The monoisotopic (exact) mass is 509 g/mol. The van der Waals surface area contributed by atoms with Crippen LogP contribution in [0, 0.1) is 0 Å². The number of aromatic carboxylic acids is 1. The predicted molar refractivity (Wildman–Crippen MR) is 138 cm³/mol. The van der Waals surface area contributed by atoms with E-state index in [-0.39, 0.29) is 22.7 Å². The fourth-order valence-corrected chi connectivity index (χ4v) is 4.58. The molecule has 1 amide bonds. The van der Waals surface area contributed by atoms with Gasteiger partial charge >= 0.3 is 11.9 Å². The molecule has 4 rings (SSSR count). The molecule has 9 heteroatoms. The van der Waals surface area contributed by atoms with E-state index in [1.54, 1.807) is 6.92 Å². The maximum atomic E-state index is 13.6. The fourth-order valence-electron chi connectivity index (χ4n) is 4.39. The smallest absolute Gasteiger partial charge is 0.340 e. The van der Waals surface area contributed by atoms with Crippen molar-refractivity contribution in [2.75, 3.05) is 11.9 Å². The van der Waals surface area contributed by atoms with E-state index >= 15 is 0 Å². The van der Waals surface area contributed by atoms with E-state index in [4.69, 9.17) is 21.3 Å². The summed E-state index contributed by atoms with van der Waals surface area (Å²) in [4.78, 5) is 45.0.